The number of hydrogen-bond acceptors (Lipinski definition) is 4. The fraction of sp³-hybridized carbons (Fsp3) is 0.571. The van der Waals surface area contributed by atoms with Crippen molar-refractivity contribution < 1.29 is 9.53 Å². The Morgan fingerprint density at radius 3 is 3.17 bits per heavy atom. The van der Waals surface area contributed by atoms with Crippen LogP contribution in [0.25, 0.3) is 0 Å². The molecule has 1 aromatic rings. The number of methoxy groups -OCH3 is 1. The second-order valence-corrected chi connectivity index (χ2v) is 4.86. The second-order valence-electron chi connectivity index (χ2n) is 4.86. The van der Waals surface area contributed by atoms with E-state index >= 15 is 0 Å². The van der Waals surface area contributed by atoms with E-state index in [9.17, 15) is 4.79 Å². The van der Waals surface area contributed by atoms with Crippen LogP contribution >= 0.6 is 0 Å². The Morgan fingerprint density at radius 1 is 1.61 bits per heavy atom. The zero-order valence-electron chi connectivity index (χ0n) is 11.1. The number of nitrogens with zero attached hydrogens (tertiary/aromatic N) is 2. The summed E-state index contributed by atoms with van der Waals surface area (Å²) in [6, 6.07) is 3.95. The smallest absolute Gasteiger partial charge is 0.217 e. The standard InChI is InChI=1S/C14H20N2O2/c1-11(17)12-6-4-8-16(9-12)10-13-5-3-7-15-14(13)18-2/h3,5,7,12H,4,6,8-10H2,1-2H3. The van der Waals surface area contributed by atoms with Crippen molar-refractivity contribution in [2.45, 2.75) is 26.3 Å². The maximum atomic E-state index is 11.5. The first kappa shape index (κ1) is 13.0. The fourth-order valence-electron chi connectivity index (χ4n) is 2.50. The number of carbonyl (C=O) groups excluding carboxylic acids is 1. The molecule has 1 unspecified atom stereocenters. The molecule has 1 aliphatic heterocycles. The lowest BCUT2D eigenvalue weighted by atomic mass is 9.94. The summed E-state index contributed by atoms with van der Waals surface area (Å²) in [6.07, 6.45) is 3.85. The van der Waals surface area contributed by atoms with Crippen LogP contribution in [0.4, 0.5) is 0 Å². The number of Topliss-reactive ketones (excluding diaryl/α,β-unsaturated/α-hetero) is 1. The molecule has 1 fully saturated rings. The highest BCUT2D eigenvalue weighted by atomic mass is 16.5. The van der Waals surface area contributed by atoms with Crippen LogP contribution < -0.4 is 4.74 Å². The molecule has 0 spiro atoms. The first-order chi connectivity index (χ1) is 8.70. The number of likely N-dealkylation sites (tertiary alicyclic amines) is 1. The van der Waals surface area contributed by atoms with E-state index < -0.39 is 0 Å². The van der Waals surface area contributed by atoms with E-state index in [1.165, 1.54) is 0 Å². The van der Waals surface area contributed by atoms with Crippen LogP contribution in [0.3, 0.4) is 0 Å². The van der Waals surface area contributed by atoms with Gasteiger partial charge in [-0.3, -0.25) is 9.69 Å². The van der Waals surface area contributed by atoms with Crippen molar-refractivity contribution >= 4 is 5.78 Å². The normalized spacial score (nSPS) is 20.7. The minimum atomic E-state index is 0.196. The lowest BCUT2D eigenvalue weighted by Gasteiger charge is -2.31. The largest absolute Gasteiger partial charge is 0.481 e. The zero-order valence-corrected chi connectivity index (χ0v) is 11.1. The highest BCUT2D eigenvalue weighted by molar-refractivity contribution is 5.78. The first-order valence-corrected chi connectivity index (χ1v) is 6.41. The Labute approximate surface area is 108 Å². The molecule has 0 saturated carbocycles. The Balaban J connectivity index is 2.02. The molecular formula is C14H20N2O2. The molecule has 0 amide bonds. The number of ether oxygens (including phenoxy) is 1. The third kappa shape index (κ3) is 3.07. The highest BCUT2D eigenvalue weighted by Gasteiger charge is 2.23. The number of rotatable bonds is 4. The predicted octanol–water partition coefficient (Wildman–Crippen LogP) is 1.89. The highest BCUT2D eigenvalue weighted by Crippen LogP contribution is 2.22. The Morgan fingerprint density at radius 2 is 2.44 bits per heavy atom. The summed E-state index contributed by atoms with van der Waals surface area (Å²) in [5.74, 6) is 1.18. The minimum Gasteiger partial charge on any atom is -0.481 e. The molecule has 1 aliphatic rings. The number of piperidine rings is 1. The van der Waals surface area contributed by atoms with E-state index in [4.69, 9.17) is 4.74 Å². The van der Waals surface area contributed by atoms with Crippen LogP contribution in [0.2, 0.25) is 0 Å². The van der Waals surface area contributed by atoms with Crippen LogP contribution in [0.1, 0.15) is 25.3 Å². The van der Waals surface area contributed by atoms with Gasteiger partial charge in [0.25, 0.3) is 0 Å². The van der Waals surface area contributed by atoms with Crippen molar-refractivity contribution in [3.63, 3.8) is 0 Å². The van der Waals surface area contributed by atoms with Gasteiger partial charge in [0, 0.05) is 30.8 Å². The monoisotopic (exact) mass is 248 g/mol. The van der Waals surface area contributed by atoms with Crippen molar-refractivity contribution in [2.24, 2.45) is 5.92 Å². The number of ketones is 1. The molecule has 2 rings (SSSR count). The fourth-order valence-corrected chi connectivity index (χ4v) is 2.50. The van der Waals surface area contributed by atoms with Gasteiger partial charge in [-0.1, -0.05) is 6.07 Å². The summed E-state index contributed by atoms with van der Waals surface area (Å²) in [7, 11) is 1.64. The lowest BCUT2D eigenvalue weighted by Crippen LogP contribution is -2.37. The maximum absolute atomic E-state index is 11.5. The van der Waals surface area contributed by atoms with E-state index in [-0.39, 0.29) is 5.92 Å². The topological polar surface area (TPSA) is 42.4 Å². The van der Waals surface area contributed by atoms with E-state index in [0.717, 1.165) is 38.0 Å². The molecule has 1 saturated heterocycles. The van der Waals surface area contributed by atoms with Gasteiger partial charge in [0.1, 0.15) is 5.78 Å². The van der Waals surface area contributed by atoms with Gasteiger partial charge >= 0.3 is 0 Å². The molecule has 0 aliphatic carbocycles. The average Bonchev–Trinajstić information content (AvgIpc) is 2.39. The van der Waals surface area contributed by atoms with Crippen LogP contribution in [-0.2, 0) is 11.3 Å². The molecule has 0 bridgehead atoms. The molecule has 1 atom stereocenters. The van der Waals surface area contributed by atoms with Crippen LogP contribution in [0, 0.1) is 5.92 Å². The molecule has 0 N–H and O–H groups in total. The third-order valence-electron chi connectivity index (χ3n) is 3.52. The summed E-state index contributed by atoms with van der Waals surface area (Å²) in [5.41, 5.74) is 1.09. The van der Waals surface area contributed by atoms with E-state index in [1.54, 1.807) is 20.2 Å². The molecule has 98 valence electrons. The Kier molecular flexibility index (Phi) is 4.31. The Bertz CT molecular complexity index is 420. The Hall–Kier alpha value is -1.42. The lowest BCUT2D eigenvalue weighted by molar-refractivity contribution is -0.122. The van der Waals surface area contributed by atoms with Gasteiger partial charge in [0.05, 0.1) is 7.11 Å². The van der Waals surface area contributed by atoms with E-state index in [2.05, 4.69) is 9.88 Å². The summed E-state index contributed by atoms with van der Waals surface area (Å²) < 4.78 is 5.26. The number of carbonyl (C=O) groups is 1. The van der Waals surface area contributed by atoms with Gasteiger partial charge in [-0.15, -0.1) is 0 Å². The minimum absolute atomic E-state index is 0.196. The van der Waals surface area contributed by atoms with Crippen molar-refractivity contribution in [3.05, 3.63) is 23.9 Å². The summed E-state index contributed by atoms with van der Waals surface area (Å²) >= 11 is 0. The van der Waals surface area contributed by atoms with Crippen LogP contribution in [0.5, 0.6) is 5.88 Å². The molecule has 18 heavy (non-hydrogen) atoms. The van der Waals surface area contributed by atoms with Gasteiger partial charge in [0.2, 0.25) is 5.88 Å². The third-order valence-corrected chi connectivity index (χ3v) is 3.52. The summed E-state index contributed by atoms with van der Waals surface area (Å²) in [5, 5.41) is 0. The van der Waals surface area contributed by atoms with Gasteiger partial charge in [-0.05, 0) is 32.4 Å². The SMILES string of the molecule is COc1ncccc1CN1CCCC(C(C)=O)C1. The van der Waals surface area contributed by atoms with Crippen molar-refractivity contribution in [2.75, 3.05) is 20.2 Å². The molecular weight excluding hydrogens is 228 g/mol. The van der Waals surface area contributed by atoms with Gasteiger partial charge in [-0.2, -0.15) is 0 Å². The van der Waals surface area contributed by atoms with Gasteiger partial charge in [0.15, 0.2) is 0 Å². The molecule has 0 radical (unpaired) electrons. The quantitative estimate of drug-likeness (QED) is 0.816. The summed E-state index contributed by atoms with van der Waals surface area (Å²) in [6.45, 7) is 4.40. The number of hydrogen-bond donors (Lipinski definition) is 0. The van der Waals surface area contributed by atoms with Crippen LogP contribution in [-0.4, -0.2) is 35.9 Å². The molecule has 2 heterocycles. The van der Waals surface area contributed by atoms with E-state index in [1.807, 2.05) is 12.1 Å². The maximum Gasteiger partial charge on any atom is 0.217 e. The molecule has 4 nitrogen and oxygen atoms in total. The predicted molar refractivity (Wildman–Crippen MR) is 69.5 cm³/mol. The van der Waals surface area contributed by atoms with Crippen molar-refractivity contribution in [3.8, 4) is 5.88 Å². The summed E-state index contributed by atoms with van der Waals surface area (Å²) in [4.78, 5) is 18.0. The second kappa shape index (κ2) is 5.96. The van der Waals surface area contributed by atoms with Crippen molar-refractivity contribution in [1.29, 1.82) is 0 Å². The van der Waals surface area contributed by atoms with Crippen LogP contribution in [0.15, 0.2) is 18.3 Å². The van der Waals surface area contributed by atoms with Gasteiger partial charge in [-0.25, -0.2) is 4.98 Å². The van der Waals surface area contributed by atoms with E-state index in [0.29, 0.717) is 11.7 Å². The first-order valence-electron chi connectivity index (χ1n) is 6.41. The molecule has 0 aromatic carbocycles. The molecule has 1 aromatic heterocycles. The zero-order chi connectivity index (χ0) is 13.0. The van der Waals surface area contributed by atoms with Gasteiger partial charge < -0.3 is 4.74 Å². The number of aromatic nitrogens is 1. The average molecular weight is 248 g/mol. The molecule has 4 heteroatoms. The number of pyridine rings is 1. The van der Waals surface area contributed by atoms with Crippen molar-refractivity contribution in [1.82, 2.24) is 9.88 Å².